The van der Waals surface area contributed by atoms with Gasteiger partial charge in [-0.05, 0) is 24.6 Å². The van der Waals surface area contributed by atoms with Crippen molar-refractivity contribution in [2.75, 3.05) is 16.8 Å². The van der Waals surface area contributed by atoms with Gasteiger partial charge in [0.25, 0.3) is 5.22 Å². The average molecular weight is 312 g/mol. The summed E-state index contributed by atoms with van der Waals surface area (Å²) < 4.78 is 5.09. The standard InChI is InChI=1S/C13H14ClN3O2S/c14-10-8-9(15)3-4-11(10)17-12(18)2-1-7-20-13-16-5-6-19-13/h3-6,8H,1-2,7,15H2,(H,17,18). The fourth-order valence-corrected chi connectivity index (χ4v) is 2.48. The summed E-state index contributed by atoms with van der Waals surface area (Å²) in [6.45, 7) is 0. The van der Waals surface area contributed by atoms with Crippen molar-refractivity contribution in [2.24, 2.45) is 0 Å². The van der Waals surface area contributed by atoms with Crippen LogP contribution in [0.25, 0.3) is 0 Å². The minimum absolute atomic E-state index is 0.0790. The molecule has 0 unspecified atom stereocenters. The Hall–Kier alpha value is -1.66. The summed E-state index contributed by atoms with van der Waals surface area (Å²) in [4.78, 5) is 15.7. The summed E-state index contributed by atoms with van der Waals surface area (Å²) in [5.41, 5.74) is 6.73. The monoisotopic (exact) mass is 311 g/mol. The molecule has 1 amide bonds. The van der Waals surface area contributed by atoms with Crippen LogP contribution in [-0.2, 0) is 4.79 Å². The quantitative estimate of drug-likeness (QED) is 0.485. The van der Waals surface area contributed by atoms with E-state index in [-0.39, 0.29) is 5.91 Å². The number of nitrogens with one attached hydrogen (secondary N) is 1. The van der Waals surface area contributed by atoms with E-state index in [1.54, 1.807) is 24.4 Å². The molecule has 5 nitrogen and oxygen atoms in total. The number of carbonyl (C=O) groups is 1. The van der Waals surface area contributed by atoms with Gasteiger partial charge in [0.05, 0.1) is 16.9 Å². The van der Waals surface area contributed by atoms with Crippen LogP contribution in [0.1, 0.15) is 12.8 Å². The van der Waals surface area contributed by atoms with Crippen LogP contribution in [-0.4, -0.2) is 16.6 Å². The number of rotatable bonds is 6. The Labute approximate surface area is 125 Å². The van der Waals surface area contributed by atoms with Crippen molar-refractivity contribution in [1.29, 1.82) is 0 Å². The van der Waals surface area contributed by atoms with Crippen molar-refractivity contribution in [2.45, 2.75) is 18.1 Å². The molecule has 20 heavy (non-hydrogen) atoms. The van der Waals surface area contributed by atoms with Crippen LogP contribution in [0.4, 0.5) is 11.4 Å². The van der Waals surface area contributed by atoms with Gasteiger partial charge in [-0.2, -0.15) is 0 Å². The SMILES string of the molecule is Nc1ccc(NC(=O)CCCSc2ncco2)c(Cl)c1. The van der Waals surface area contributed by atoms with E-state index in [9.17, 15) is 4.79 Å². The van der Waals surface area contributed by atoms with Crippen molar-refractivity contribution in [3.05, 3.63) is 35.7 Å². The Morgan fingerprint density at radius 3 is 3.05 bits per heavy atom. The van der Waals surface area contributed by atoms with Crippen LogP contribution in [0.15, 0.2) is 40.3 Å². The number of amides is 1. The van der Waals surface area contributed by atoms with Gasteiger partial charge >= 0.3 is 0 Å². The van der Waals surface area contributed by atoms with Gasteiger partial charge in [0.2, 0.25) is 5.91 Å². The molecule has 2 rings (SSSR count). The van der Waals surface area contributed by atoms with Crippen LogP contribution in [0.3, 0.4) is 0 Å². The number of oxazole rings is 1. The summed E-state index contributed by atoms with van der Waals surface area (Å²) in [5.74, 6) is 0.688. The molecule has 0 aliphatic rings. The number of hydrogen-bond acceptors (Lipinski definition) is 5. The molecule has 1 heterocycles. The molecule has 0 saturated heterocycles. The van der Waals surface area contributed by atoms with E-state index in [1.165, 1.54) is 18.0 Å². The summed E-state index contributed by atoms with van der Waals surface area (Å²) in [7, 11) is 0. The second-order valence-corrected chi connectivity index (χ2v) is 5.49. The first-order valence-electron chi connectivity index (χ1n) is 6.02. The van der Waals surface area contributed by atoms with E-state index >= 15 is 0 Å². The number of benzene rings is 1. The van der Waals surface area contributed by atoms with Crippen LogP contribution < -0.4 is 11.1 Å². The minimum Gasteiger partial charge on any atom is -0.440 e. The maximum atomic E-state index is 11.8. The van der Waals surface area contributed by atoms with Gasteiger partial charge in [0, 0.05) is 17.9 Å². The molecule has 2 aromatic rings. The highest BCUT2D eigenvalue weighted by atomic mass is 35.5. The Bertz CT molecular complexity index is 575. The fourth-order valence-electron chi connectivity index (χ4n) is 1.52. The zero-order valence-corrected chi connectivity index (χ0v) is 12.2. The summed E-state index contributed by atoms with van der Waals surface area (Å²) >= 11 is 7.46. The lowest BCUT2D eigenvalue weighted by molar-refractivity contribution is -0.116. The average Bonchev–Trinajstić information content (AvgIpc) is 2.91. The molecule has 0 aliphatic carbocycles. The molecule has 0 spiro atoms. The van der Waals surface area contributed by atoms with E-state index in [4.69, 9.17) is 21.8 Å². The largest absolute Gasteiger partial charge is 0.440 e. The number of halogens is 1. The van der Waals surface area contributed by atoms with Gasteiger partial charge in [-0.1, -0.05) is 23.4 Å². The first-order valence-corrected chi connectivity index (χ1v) is 7.38. The summed E-state index contributed by atoms with van der Waals surface area (Å²) in [6.07, 6.45) is 4.26. The van der Waals surface area contributed by atoms with Crippen LogP contribution in [0.5, 0.6) is 0 Å². The van der Waals surface area contributed by atoms with Crippen molar-refractivity contribution in [1.82, 2.24) is 4.98 Å². The van der Waals surface area contributed by atoms with E-state index in [1.807, 2.05) is 0 Å². The summed E-state index contributed by atoms with van der Waals surface area (Å²) in [6, 6.07) is 4.99. The smallest absolute Gasteiger partial charge is 0.255 e. The van der Waals surface area contributed by atoms with Gasteiger partial charge in [-0.25, -0.2) is 4.98 Å². The molecule has 0 saturated carbocycles. The van der Waals surface area contributed by atoms with Gasteiger partial charge in [0.15, 0.2) is 0 Å². The van der Waals surface area contributed by atoms with Gasteiger partial charge in [-0.3, -0.25) is 4.79 Å². The second kappa shape index (κ2) is 7.21. The van der Waals surface area contributed by atoms with Crippen LogP contribution in [0.2, 0.25) is 5.02 Å². The van der Waals surface area contributed by atoms with Gasteiger partial charge in [-0.15, -0.1) is 0 Å². The Morgan fingerprint density at radius 2 is 2.35 bits per heavy atom. The number of nitrogens with zero attached hydrogens (tertiary/aromatic N) is 1. The molecule has 0 aliphatic heterocycles. The summed E-state index contributed by atoms with van der Waals surface area (Å²) in [5, 5.41) is 3.81. The Balaban J connectivity index is 1.72. The number of anilines is 2. The molecule has 0 atom stereocenters. The third-order valence-electron chi connectivity index (χ3n) is 2.45. The van der Waals surface area contributed by atoms with Crippen LogP contribution >= 0.6 is 23.4 Å². The molecular formula is C13H14ClN3O2S. The number of carbonyl (C=O) groups excluding carboxylic acids is 1. The normalized spacial score (nSPS) is 10.4. The zero-order valence-electron chi connectivity index (χ0n) is 10.6. The van der Waals surface area contributed by atoms with E-state index in [2.05, 4.69) is 10.3 Å². The van der Waals surface area contributed by atoms with E-state index < -0.39 is 0 Å². The number of aromatic nitrogens is 1. The molecule has 0 fully saturated rings. The maximum absolute atomic E-state index is 11.8. The minimum atomic E-state index is -0.0790. The molecule has 3 N–H and O–H groups in total. The highest BCUT2D eigenvalue weighted by Crippen LogP contribution is 2.24. The Morgan fingerprint density at radius 1 is 1.50 bits per heavy atom. The molecular weight excluding hydrogens is 298 g/mol. The fraction of sp³-hybridized carbons (Fsp3) is 0.231. The third kappa shape index (κ3) is 4.47. The lowest BCUT2D eigenvalue weighted by Crippen LogP contribution is -2.11. The predicted molar refractivity (Wildman–Crippen MR) is 81.0 cm³/mol. The van der Waals surface area contributed by atoms with Crippen molar-refractivity contribution < 1.29 is 9.21 Å². The molecule has 0 bridgehead atoms. The van der Waals surface area contributed by atoms with Crippen molar-refractivity contribution in [3.8, 4) is 0 Å². The van der Waals surface area contributed by atoms with E-state index in [0.29, 0.717) is 28.0 Å². The molecule has 0 radical (unpaired) electrons. The number of nitrogens with two attached hydrogens (primary N) is 1. The molecule has 106 valence electrons. The highest BCUT2D eigenvalue weighted by molar-refractivity contribution is 7.99. The topological polar surface area (TPSA) is 81.1 Å². The number of hydrogen-bond donors (Lipinski definition) is 2. The zero-order chi connectivity index (χ0) is 14.4. The van der Waals surface area contributed by atoms with Crippen LogP contribution in [0, 0.1) is 0 Å². The Kier molecular flexibility index (Phi) is 5.31. The first kappa shape index (κ1) is 14.7. The first-order chi connectivity index (χ1) is 9.65. The predicted octanol–water partition coefficient (Wildman–Crippen LogP) is 3.42. The van der Waals surface area contributed by atoms with Gasteiger partial charge in [0.1, 0.15) is 6.26 Å². The highest BCUT2D eigenvalue weighted by Gasteiger charge is 2.06. The number of thioether (sulfide) groups is 1. The molecule has 7 heteroatoms. The third-order valence-corrected chi connectivity index (χ3v) is 3.70. The lowest BCUT2D eigenvalue weighted by Gasteiger charge is -2.07. The lowest BCUT2D eigenvalue weighted by atomic mass is 10.2. The van der Waals surface area contributed by atoms with Crippen molar-refractivity contribution in [3.63, 3.8) is 0 Å². The number of nitrogen functional groups attached to an aromatic ring is 1. The second-order valence-electron chi connectivity index (χ2n) is 4.04. The molecule has 1 aromatic heterocycles. The van der Waals surface area contributed by atoms with Gasteiger partial charge < -0.3 is 15.5 Å². The molecule has 1 aromatic carbocycles. The van der Waals surface area contributed by atoms with Crippen molar-refractivity contribution >= 4 is 40.6 Å². The maximum Gasteiger partial charge on any atom is 0.255 e. The van der Waals surface area contributed by atoms with E-state index in [0.717, 1.165) is 12.2 Å².